The highest BCUT2D eigenvalue weighted by Gasteiger charge is 2.14. The Morgan fingerprint density at radius 2 is 1.90 bits per heavy atom. The second-order valence-corrected chi connectivity index (χ2v) is 6.05. The van der Waals surface area contributed by atoms with Gasteiger partial charge in [0.1, 0.15) is 5.82 Å². The third kappa shape index (κ3) is 5.12. The van der Waals surface area contributed by atoms with E-state index >= 15 is 0 Å². The Balaban J connectivity index is 2.91. The molecule has 3 heteroatoms. The maximum Gasteiger partial charge on any atom is 0.129 e. The summed E-state index contributed by atoms with van der Waals surface area (Å²) in [5.74, 6) is 1.81. The van der Waals surface area contributed by atoms with Gasteiger partial charge in [0, 0.05) is 25.3 Å². The van der Waals surface area contributed by atoms with Gasteiger partial charge in [-0.3, -0.25) is 0 Å². The van der Waals surface area contributed by atoms with Gasteiger partial charge in [0.15, 0.2) is 0 Å². The summed E-state index contributed by atoms with van der Waals surface area (Å²) in [5.41, 5.74) is 2.51. The van der Waals surface area contributed by atoms with E-state index in [1.165, 1.54) is 17.7 Å². The van der Waals surface area contributed by atoms with Crippen LogP contribution in [0.2, 0.25) is 0 Å². The van der Waals surface area contributed by atoms with Gasteiger partial charge in [0.25, 0.3) is 0 Å². The average Bonchev–Trinajstić information content (AvgIpc) is 2.43. The van der Waals surface area contributed by atoms with Gasteiger partial charge in [0.2, 0.25) is 0 Å². The normalized spacial score (nSPS) is 12.8. The first-order valence-corrected chi connectivity index (χ1v) is 7.91. The van der Waals surface area contributed by atoms with Crippen molar-refractivity contribution in [2.45, 2.75) is 60.0 Å². The van der Waals surface area contributed by atoms with Gasteiger partial charge in [-0.2, -0.15) is 0 Å². The first-order valence-electron chi connectivity index (χ1n) is 7.91. The number of nitrogens with zero attached hydrogens (tertiary/aromatic N) is 2. The molecule has 0 amide bonds. The van der Waals surface area contributed by atoms with E-state index in [1.54, 1.807) is 0 Å². The molecule has 0 radical (unpaired) electrons. The lowest BCUT2D eigenvalue weighted by atomic mass is 10.0. The van der Waals surface area contributed by atoms with Gasteiger partial charge in [0.05, 0.1) is 0 Å². The van der Waals surface area contributed by atoms with Crippen LogP contribution >= 0.6 is 0 Å². The van der Waals surface area contributed by atoms with Crippen molar-refractivity contribution in [3.05, 3.63) is 23.4 Å². The van der Waals surface area contributed by atoms with Crippen LogP contribution in [0.3, 0.4) is 0 Å². The quantitative estimate of drug-likeness (QED) is 0.786. The summed E-state index contributed by atoms with van der Waals surface area (Å²) < 4.78 is 0. The molecular weight excluding hydrogens is 246 g/mol. The molecule has 1 unspecified atom stereocenters. The minimum atomic E-state index is 0.515. The van der Waals surface area contributed by atoms with E-state index in [0.717, 1.165) is 25.3 Å². The van der Waals surface area contributed by atoms with Gasteiger partial charge in [-0.15, -0.1) is 0 Å². The molecule has 1 aromatic heterocycles. The number of nitrogens with one attached hydrogen (secondary N) is 1. The van der Waals surface area contributed by atoms with Crippen LogP contribution in [0.4, 0.5) is 5.82 Å². The van der Waals surface area contributed by atoms with Crippen LogP contribution in [0.1, 0.15) is 52.3 Å². The summed E-state index contributed by atoms with van der Waals surface area (Å²) in [7, 11) is 2.16. The van der Waals surface area contributed by atoms with Crippen molar-refractivity contribution in [3.8, 4) is 0 Å². The molecule has 0 aliphatic heterocycles. The topological polar surface area (TPSA) is 28.2 Å². The number of anilines is 1. The zero-order valence-corrected chi connectivity index (χ0v) is 14.0. The first-order chi connectivity index (χ1) is 9.47. The smallest absolute Gasteiger partial charge is 0.129 e. The van der Waals surface area contributed by atoms with Crippen molar-refractivity contribution < 1.29 is 0 Å². The minimum absolute atomic E-state index is 0.515. The fourth-order valence-electron chi connectivity index (χ4n) is 2.43. The van der Waals surface area contributed by atoms with Crippen LogP contribution in [0.25, 0.3) is 0 Å². The van der Waals surface area contributed by atoms with E-state index in [1.807, 2.05) is 0 Å². The highest BCUT2D eigenvalue weighted by Crippen LogP contribution is 2.19. The van der Waals surface area contributed by atoms with Crippen LogP contribution < -0.4 is 10.2 Å². The molecule has 20 heavy (non-hydrogen) atoms. The average molecular weight is 277 g/mol. The summed E-state index contributed by atoms with van der Waals surface area (Å²) in [6, 6.07) is 4.95. The van der Waals surface area contributed by atoms with E-state index in [4.69, 9.17) is 4.98 Å². The largest absolute Gasteiger partial charge is 0.357 e. The fraction of sp³-hybridized carbons (Fsp3) is 0.706. The van der Waals surface area contributed by atoms with Gasteiger partial charge < -0.3 is 10.2 Å². The van der Waals surface area contributed by atoms with Crippen molar-refractivity contribution in [2.24, 2.45) is 5.92 Å². The Morgan fingerprint density at radius 3 is 2.45 bits per heavy atom. The monoisotopic (exact) mass is 277 g/mol. The molecule has 1 atom stereocenters. The Hall–Kier alpha value is -1.09. The number of aryl methyl sites for hydroxylation is 1. The highest BCUT2D eigenvalue weighted by atomic mass is 15.2. The van der Waals surface area contributed by atoms with Crippen LogP contribution in [0.5, 0.6) is 0 Å². The second-order valence-electron chi connectivity index (χ2n) is 6.05. The molecule has 3 nitrogen and oxygen atoms in total. The number of hydrogen-bond donors (Lipinski definition) is 1. The van der Waals surface area contributed by atoms with E-state index in [0.29, 0.717) is 12.0 Å². The zero-order valence-electron chi connectivity index (χ0n) is 14.0. The Kier molecular flexibility index (Phi) is 7.00. The molecule has 0 saturated heterocycles. The van der Waals surface area contributed by atoms with Gasteiger partial charge >= 0.3 is 0 Å². The molecule has 0 aliphatic carbocycles. The lowest BCUT2D eigenvalue weighted by molar-refractivity contribution is 0.501. The zero-order chi connectivity index (χ0) is 15.1. The van der Waals surface area contributed by atoms with Crippen LogP contribution in [-0.2, 0) is 13.0 Å². The van der Waals surface area contributed by atoms with E-state index < -0.39 is 0 Å². The van der Waals surface area contributed by atoms with Crippen molar-refractivity contribution in [1.82, 2.24) is 10.3 Å². The summed E-state index contributed by atoms with van der Waals surface area (Å²) in [6.45, 7) is 13.1. The predicted molar refractivity (Wildman–Crippen MR) is 88.3 cm³/mol. The Morgan fingerprint density at radius 1 is 1.20 bits per heavy atom. The molecule has 0 fully saturated rings. The van der Waals surface area contributed by atoms with Gasteiger partial charge in [-0.25, -0.2) is 4.98 Å². The fourth-order valence-corrected chi connectivity index (χ4v) is 2.43. The van der Waals surface area contributed by atoms with Crippen molar-refractivity contribution >= 4 is 5.82 Å². The van der Waals surface area contributed by atoms with Gasteiger partial charge in [-0.1, -0.05) is 27.7 Å². The van der Waals surface area contributed by atoms with Gasteiger partial charge in [-0.05, 0) is 49.9 Å². The van der Waals surface area contributed by atoms with Crippen molar-refractivity contribution in [2.75, 3.05) is 18.5 Å². The third-order valence-electron chi connectivity index (χ3n) is 3.70. The van der Waals surface area contributed by atoms with Crippen LogP contribution in [-0.4, -0.2) is 24.6 Å². The maximum atomic E-state index is 4.79. The molecule has 1 aromatic rings. The molecule has 1 heterocycles. The highest BCUT2D eigenvalue weighted by molar-refractivity contribution is 5.43. The SMILES string of the molecule is CCNCc1cc(CC)nc(N(C)C(C)CC(C)C)c1. The molecule has 0 bridgehead atoms. The van der Waals surface area contributed by atoms with Crippen LogP contribution in [0, 0.1) is 5.92 Å². The first kappa shape index (κ1) is 17.0. The van der Waals surface area contributed by atoms with E-state index in [2.05, 4.69) is 64.0 Å². The number of rotatable bonds is 8. The minimum Gasteiger partial charge on any atom is -0.357 e. The predicted octanol–water partition coefficient (Wildman–Crippen LogP) is 3.62. The van der Waals surface area contributed by atoms with E-state index in [9.17, 15) is 0 Å². The van der Waals surface area contributed by atoms with E-state index in [-0.39, 0.29) is 0 Å². The molecule has 0 aromatic carbocycles. The third-order valence-corrected chi connectivity index (χ3v) is 3.70. The molecule has 0 aliphatic rings. The lowest BCUT2D eigenvalue weighted by Crippen LogP contribution is -2.31. The maximum absolute atomic E-state index is 4.79. The number of hydrogen-bond acceptors (Lipinski definition) is 3. The standard InChI is InChI=1S/C17H31N3/c1-7-16-10-15(12-18-8-2)11-17(19-16)20(6)14(5)9-13(3)4/h10-11,13-14,18H,7-9,12H2,1-6H3. The molecule has 0 saturated carbocycles. The molecule has 114 valence electrons. The summed E-state index contributed by atoms with van der Waals surface area (Å²) in [4.78, 5) is 7.10. The molecular formula is C17H31N3. The Labute approximate surface area is 124 Å². The van der Waals surface area contributed by atoms with Crippen LogP contribution in [0.15, 0.2) is 12.1 Å². The molecule has 1 rings (SSSR count). The Bertz CT molecular complexity index is 401. The molecule has 1 N–H and O–H groups in total. The summed E-state index contributed by atoms with van der Waals surface area (Å²) >= 11 is 0. The number of pyridine rings is 1. The second kappa shape index (κ2) is 8.25. The number of aromatic nitrogens is 1. The summed E-state index contributed by atoms with van der Waals surface area (Å²) in [6.07, 6.45) is 2.18. The molecule has 0 spiro atoms. The van der Waals surface area contributed by atoms with Crippen molar-refractivity contribution in [1.29, 1.82) is 0 Å². The lowest BCUT2D eigenvalue weighted by Gasteiger charge is -2.28. The van der Waals surface area contributed by atoms with Crippen molar-refractivity contribution in [3.63, 3.8) is 0 Å². The summed E-state index contributed by atoms with van der Waals surface area (Å²) in [5, 5.41) is 3.40.